The van der Waals surface area contributed by atoms with E-state index in [-0.39, 0.29) is 23.8 Å². The summed E-state index contributed by atoms with van der Waals surface area (Å²) < 4.78 is 5.83. The second kappa shape index (κ2) is 6.72. The monoisotopic (exact) mass is 332 g/mol. The number of nitrogens with one attached hydrogen (secondary N) is 2. The molecule has 1 aliphatic rings. The van der Waals surface area contributed by atoms with Crippen molar-refractivity contribution in [3.05, 3.63) is 29.1 Å². The van der Waals surface area contributed by atoms with E-state index in [4.69, 9.17) is 4.74 Å². The number of carbonyl (C=O) groups excluding carboxylic acids is 1. The first kappa shape index (κ1) is 16.6. The standard InChI is InChI=1S/C16H24N6O2/c1-9(2)14-12(7-17-20-14)16(23)22(4)8-13-11(5-6-24-13)15-18-10(3)19-21-15/h7,9,11,13H,5-6,8H2,1-4H3,(H,17,20)(H,18,19,21)/t11-,13-/m1/s1. The molecule has 24 heavy (non-hydrogen) atoms. The molecular formula is C16H24N6O2. The van der Waals surface area contributed by atoms with E-state index in [1.165, 1.54) is 0 Å². The lowest BCUT2D eigenvalue weighted by molar-refractivity contribution is 0.0549. The van der Waals surface area contributed by atoms with Crippen molar-refractivity contribution in [2.75, 3.05) is 20.2 Å². The molecule has 8 heteroatoms. The molecule has 0 spiro atoms. The highest BCUT2D eigenvalue weighted by Crippen LogP contribution is 2.30. The molecule has 3 rings (SSSR count). The second-order valence-corrected chi connectivity index (χ2v) is 6.62. The lowest BCUT2D eigenvalue weighted by Crippen LogP contribution is -2.36. The lowest BCUT2D eigenvalue weighted by Gasteiger charge is -2.24. The van der Waals surface area contributed by atoms with Crippen molar-refractivity contribution in [1.82, 2.24) is 30.3 Å². The highest BCUT2D eigenvalue weighted by atomic mass is 16.5. The van der Waals surface area contributed by atoms with Crippen molar-refractivity contribution in [3.63, 3.8) is 0 Å². The van der Waals surface area contributed by atoms with Crippen LogP contribution in [0.4, 0.5) is 0 Å². The molecule has 0 unspecified atom stereocenters. The fraction of sp³-hybridized carbons (Fsp3) is 0.625. The molecule has 1 amide bonds. The minimum atomic E-state index is -0.0939. The zero-order valence-electron chi connectivity index (χ0n) is 14.5. The number of nitrogens with zero attached hydrogens (tertiary/aromatic N) is 4. The molecule has 2 aromatic rings. The van der Waals surface area contributed by atoms with Gasteiger partial charge in [-0.15, -0.1) is 0 Å². The minimum absolute atomic E-state index is 0.0483. The third-order valence-corrected chi connectivity index (χ3v) is 4.43. The number of rotatable bonds is 5. The zero-order chi connectivity index (χ0) is 17.3. The molecule has 0 aromatic carbocycles. The van der Waals surface area contributed by atoms with Crippen LogP contribution in [-0.4, -0.2) is 62.5 Å². The molecule has 130 valence electrons. The van der Waals surface area contributed by atoms with Crippen LogP contribution in [0.25, 0.3) is 0 Å². The number of hydrogen-bond donors (Lipinski definition) is 2. The van der Waals surface area contributed by atoms with Gasteiger partial charge >= 0.3 is 0 Å². The van der Waals surface area contributed by atoms with Gasteiger partial charge in [-0.05, 0) is 19.3 Å². The van der Waals surface area contributed by atoms with Gasteiger partial charge in [0.2, 0.25) is 0 Å². The molecule has 2 atom stereocenters. The Hall–Kier alpha value is -2.22. The molecule has 3 heterocycles. The van der Waals surface area contributed by atoms with Gasteiger partial charge in [0.1, 0.15) is 5.82 Å². The molecule has 8 nitrogen and oxygen atoms in total. The first-order valence-corrected chi connectivity index (χ1v) is 8.26. The maximum atomic E-state index is 12.7. The van der Waals surface area contributed by atoms with Crippen LogP contribution in [0.3, 0.4) is 0 Å². The van der Waals surface area contributed by atoms with E-state index in [0.29, 0.717) is 18.7 Å². The highest BCUT2D eigenvalue weighted by molar-refractivity contribution is 5.95. The highest BCUT2D eigenvalue weighted by Gasteiger charge is 2.34. The summed E-state index contributed by atoms with van der Waals surface area (Å²) in [6.45, 7) is 7.11. The van der Waals surface area contributed by atoms with Crippen molar-refractivity contribution >= 4 is 5.91 Å². The summed E-state index contributed by atoms with van der Waals surface area (Å²) in [7, 11) is 1.79. The summed E-state index contributed by atoms with van der Waals surface area (Å²) in [4.78, 5) is 18.8. The molecule has 1 aliphatic heterocycles. The predicted molar refractivity (Wildman–Crippen MR) is 87.9 cm³/mol. The van der Waals surface area contributed by atoms with E-state index in [9.17, 15) is 4.79 Å². The summed E-state index contributed by atoms with van der Waals surface area (Å²) in [6.07, 6.45) is 2.37. The van der Waals surface area contributed by atoms with Crippen LogP contribution in [-0.2, 0) is 4.74 Å². The van der Waals surface area contributed by atoms with Gasteiger partial charge in [-0.2, -0.15) is 10.2 Å². The molecule has 0 saturated carbocycles. The number of H-pyrrole nitrogens is 2. The molecular weight excluding hydrogens is 308 g/mol. The van der Waals surface area contributed by atoms with Gasteiger partial charge in [0.15, 0.2) is 5.82 Å². The van der Waals surface area contributed by atoms with Gasteiger partial charge in [0, 0.05) is 20.2 Å². The van der Waals surface area contributed by atoms with Crippen LogP contribution in [0.5, 0.6) is 0 Å². The van der Waals surface area contributed by atoms with Crippen molar-refractivity contribution in [3.8, 4) is 0 Å². The van der Waals surface area contributed by atoms with Gasteiger partial charge in [0.05, 0.1) is 29.5 Å². The summed E-state index contributed by atoms with van der Waals surface area (Å²) >= 11 is 0. The summed E-state index contributed by atoms with van der Waals surface area (Å²) in [5, 5.41) is 14.1. The maximum absolute atomic E-state index is 12.7. The van der Waals surface area contributed by atoms with Crippen LogP contribution in [0.2, 0.25) is 0 Å². The summed E-state index contributed by atoms with van der Waals surface area (Å²) in [5.41, 5.74) is 1.48. The van der Waals surface area contributed by atoms with Gasteiger partial charge in [0.25, 0.3) is 5.91 Å². The van der Waals surface area contributed by atoms with Crippen LogP contribution in [0.1, 0.15) is 59.8 Å². The van der Waals surface area contributed by atoms with Crippen molar-refractivity contribution in [2.24, 2.45) is 0 Å². The Labute approximate surface area is 141 Å². The van der Waals surface area contributed by atoms with Crippen molar-refractivity contribution < 1.29 is 9.53 Å². The maximum Gasteiger partial charge on any atom is 0.257 e. The Morgan fingerprint density at radius 1 is 1.46 bits per heavy atom. The van der Waals surface area contributed by atoms with E-state index in [1.807, 2.05) is 20.8 Å². The number of likely N-dealkylation sites (N-methyl/N-ethyl adjacent to an activating group) is 1. The number of amides is 1. The predicted octanol–water partition coefficient (Wildman–Crippen LogP) is 1.60. The Morgan fingerprint density at radius 3 is 2.92 bits per heavy atom. The van der Waals surface area contributed by atoms with Gasteiger partial charge in [-0.3, -0.25) is 15.0 Å². The number of ether oxygens (including phenoxy) is 1. The first-order valence-electron chi connectivity index (χ1n) is 8.26. The fourth-order valence-corrected chi connectivity index (χ4v) is 3.11. The molecule has 0 aliphatic carbocycles. The Bertz CT molecular complexity index is 707. The SMILES string of the molecule is Cc1nc([C@@H]2CCO[C@@H]2CN(C)C(=O)c2cn[nH]c2C(C)C)n[nH]1. The number of hydrogen-bond acceptors (Lipinski definition) is 5. The quantitative estimate of drug-likeness (QED) is 0.866. The van der Waals surface area contributed by atoms with Crippen LogP contribution in [0.15, 0.2) is 6.20 Å². The Balaban J connectivity index is 1.70. The number of carbonyl (C=O) groups is 1. The van der Waals surface area contributed by atoms with Crippen molar-refractivity contribution in [1.29, 1.82) is 0 Å². The van der Waals surface area contributed by atoms with E-state index in [2.05, 4.69) is 25.4 Å². The summed E-state index contributed by atoms with van der Waals surface area (Å²) in [6, 6.07) is 0. The number of aromatic amines is 2. The van der Waals surface area contributed by atoms with Gasteiger partial charge < -0.3 is 9.64 Å². The topological polar surface area (TPSA) is 99.8 Å². The van der Waals surface area contributed by atoms with E-state index in [0.717, 1.165) is 23.8 Å². The largest absolute Gasteiger partial charge is 0.376 e. The Morgan fingerprint density at radius 2 is 2.25 bits per heavy atom. The third-order valence-electron chi connectivity index (χ3n) is 4.43. The zero-order valence-corrected chi connectivity index (χ0v) is 14.5. The first-order chi connectivity index (χ1) is 11.5. The van der Waals surface area contributed by atoms with E-state index >= 15 is 0 Å². The fourth-order valence-electron chi connectivity index (χ4n) is 3.11. The molecule has 1 saturated heterocycles. The Kier molecular flexibility index (Phi) is 4.66. The van der Waals surface area contributed by atoms with Gasteiger partial charge in [-0.1, -0.05) is 13.8 Å². The average Bonchev–Trinajstić information content (AvgIpc) is 3.25. The number of aromatic nitrogens is 5. The van der Waals surface area contributed by atoms with E-state index in [1.54, 1.807) is 18.1 Å². The molecule has 2 N–H and O–H groups in total. The average molecular weight is 332 g/mol. The van der Waals surface area contributed by atoms with Crippen LogP contribution in [0, 0.1) is 6.92 Å². The second-order valence-electron chi connectivity index (χ2n) is 6.62. The van der Waals surface area contributed by atoms with E-state index < -0.39 is 0 Å². The van der Waals surface area contributed by atoms with Crippen LogP contribution < -0.4 is 0 Å². The van der Waals surface area contributed by atoms with Crippen LogP contribution >= 0.6 is 0 Å². The molecule has 1 fully saturated rings. The normalized spacial score (nSPS) is 20.7. The number of aryl methyl sites for hydroxylation is 1. The molecule has 2 aromatic heterocycles. The third kappa shape index (κ3) is 3.19. The van der Waals surface area contributed by atoms with Gasteiger partial charge in [-0.25, -0.2) is 4.98 Å². The minimum Gasteiger partial charge on any atom is -0.376 e. The molecule has 0 bridgehead atoms. The lowest BCUT2D eigenvalue weighted by atomic mass is 10.00. The summed E-state index contributed by atoms with van der Waals surface area (Å²) in [5.74, 6) is 1.83. The smallest absolute Gasteiger partial charge is 0.257 e. The van der Waals surface area contributed by atoms with Crippen molar-refractivity contribution in [2.45, 2.75) is 45.1 Å². The molecule has 0 radical (unpaired) electrons.